The molecule has 0 radical (unpaired) electrons. The number of aromatic amines is 1. The average molecular weight is 510 g/mol. The van der Waals surface area contributed by atoms with Gasteiger partial charge in [0.15, 0.2) is 8.30 Å². The Bertz CT molecular complexity index is 1510. The fourth-order valence-electron chi connectivity index (χ4n) is 3.85. The Morgan fingerprint density at radius 3 is 2.59 bits per heavy atom. The van der Waals surface area contributed by atoms with Crippen LogP contribution in [0.3, 0.4) is 0 Å². The molecule has 3 aromatic heterocycles. The number of hydrogen-bond acceptors (Lipinski definition) is 4. The Kier molecular flexibility index (Phi) is 6.15. The molecule has 5 aromatic rings. The SMILES string of the molecule is COC(=O)c1cc(-c2ccnc3c2ccn3P(O)c2ccccc2)[nH]c1-c1ccc(Cl)c(Cl)c1. The quantitative estimate of drug-likeness (QED) is 0.216. The van der Waals surface area contributed by atoms with Gasteiger partial charge in [0.25, 0.3) is 0 Å². The number of esters is 1. The number of pyridine rings is 1. The molecule has 1 atom stereocenters. The molecular weight excluding hydrogens is 492 g/mol. The number of carbonyl (C=O) groups excluding carboxylic acids is 1. The van der Waals surface area contributed by atoms with Crippen LogP contribution in [0.1, 0.15) is 10.4 Å². The van der Waals surface area contributed by atoms with Gasteiger partial charge in [-0.05, 0) is 30.3 Å². The van der Waals surface area contributed by atoms with E-state index in [2.05, 4.69) is 9.97 Å². The zero-order valence-electron chi connectivity index (χ0n) is 17.9. The predicted molar refractivity (Wildman–Crippen MR) is 137 cm³/mol. The minimum atomic E-state index is -1.63. The van der Waals surface area contributed by atoms with Crippen molar-refractivity contribution in [1.82, 2.24) is 14.3 Å². The normalized spacial score (nSPS) is 12.1. The molecule has 0 amide bonds. The topological polar surface area (TPSA) is 80.1 Å². The van der Waals surface area contributed by atoms with Crippen LogP contribution in [0.15, 0.2) is 79.1 Å². The standard InChI is InChI=1S/C25H18Cl2N3O3P/c1-33-25(31)19-14-22(29-23(19)15-7-8-20(26)21(27)13-15)17-9-11-28-24-18(17)10-12-30(24)34(32)16-5-3-2-4-6-16/h2-14,29,32H,1H3. The minimum absolute atomic E-state index is 0.369. The van der Waals surface area contributed by atoms with Gasteiger partial charge in [-0.2, -0.15) is 0 Å². The molecule has 170 valence electrons. The molecule has 34 heavy (non-hydrogen) atoms. The van der Waals surface area contributed by atoms with E-state index in [4.69, 9.17) is 27.9 Å². The molecule has 9 heteroatoms. The van der Waals surface area contributed by atoms with E-state index in [0.29, 0.717) is 38.2 Å². The zero-order valence-corrected chi connectivity index (χ0v) is 20.3. The van der Waals surface area contributed by atoms with E-state index in [1.807, 2.05) is 48.7 Å². The zero-order chi connectivity index (χ0) is 23.8. The smallest absolute Gasteiger partial charge is 0.340 e. The largest absolute Gasteiger partial charge is 0.465 e. The Morgan fingerprint density at radius 1 is 1.06 bits per heavy atom. The first kappa shape index (κ1) is 22.6. The molecule has 2 aromatic carbocycles. The van der Waals surface area contributed by atoms with E-state index in [1.165, 1.54) is 7.11 Å². The van der Waals surface area contributed by atoms with Gasteiger partial charge in [0.1, 0.15) is 5.65 Å². The molecule has 6 nitrogen and oxygen atoms in total. The lowest BCUT2D eigenvalue weighted by molar-refractivity contribution is 0.0602. The van der Waals surface area contributed by atoms with Gasteiger partial charge < -0.3 is 14.6 Å². The lowest BCUT2D eigenvalue weighted by atomic mass is 10.1. The van der Waals surface area contributed by atoms with Crippen LogP contribution in [0.5, 0.6) is 0 Å². The number of ether oxygens (including phenoxy) is 1. The lowest BCUT2D eigenvalue weighted by Crippen LogP contribution is -2.05. The first-order chi connectivity index (χ1) is 16.5. The second-order valence-corrected chi connectivity index (χ2v) is 9.81. The Balaban J connectivity index is 1.64. The van der Waals surface area contributed by atoms with Crippen LogP contribution in [-0.4, -0.2) is 32.3 Å². The molecule has 0 bridgehead atoms. The number of fused-ring (bicyclic) bond motifs is 1. The Morgan fingerprint density at radius 2 is 1.85 bits per heavy atom. The number of benzene rings is 2. The number of H-pyrrole nitrogens is 1. The molecule has 0 fully saturated rings. The molecule has 2 N–H and O–H groups in total. The summed E-state index contributed by atoms with van der Waals surface area (Å²) in [6.07, 6.45) is 3.50. The third-order valence-electron chi connectivity index (χ3n) is 5.48. The van der Waals surface area contributed by atoms with Crippen molar-refractivity contribution in [1.29, 1.82) is 0 Å². The Hall–Kier alpha value is -3.15. The van der Waals surface area contributed by atoms with E-state index in [1.54, 1.807) is 34.8 Å². The second kappa shape index (κ2) is 9.24. The molecule has 3 heterocycles. The highest BCUT2D eigenvalue weighted by Gasteiger charge is 2.21. The molecule has 0 spiro atoms. The fraction of sp³-hybridized carbons (Fsp3) is 0.0400. The van der Waals surface area contributed by atoms with Crippen molar-refractivity contribution in [2.24, 2.45) is 0 Å². The molecule has 0 aliphatic heterocycles. The monoisotopic (exact) mass is 509 g/mol. The maximum absolute atomic E-state index is 12.6. The second-order valence-electron chi connectivity index (χ2n) is 7.47. The van der Waals surface area contributed by atoms with Crippen molar-refractivity contribution in [2.75, 3.05) is 7.11 Å². The molecule has 0 aliphatic rings. The van der Waals surface area contributed by atoms with Gasteiger partial charge in [-0.25, -0.2) is 9.78 Å². The highest BCUT2D eigenvalue weighted by molar-refractivity contribution is 7.58. The molecular formula is C25H18Cl2N3O3P. The van der Waals surface area contributed by atoms with Crippen molar-refractivity contribution >= 4 is 53.8 Å². The van der Waals surface area contributed by atoms with Crippen LogP contribution in [0.4, 0.5) is 0 Å². The molecule has 0 saturated carbocycles. The summed E-state index contributed by atoms with van der Waals surface area (Å²) in [5, 5.41) is 2.45. The summed E-state index contributed by atoms with van der Waals surface area (Å²) in [6, 6.07) is 20.1. The number of rotatable bonds is 5. The van der Waals surface area contributed by atoms with E-state index in [0.717, 1.165) is 16.3 Å². The minimum Gasteiger partial charge on any atom is -0.465 e. The third-order valence-corrected chi connectivity index (χ3v) is 7.71. The van der Waals surface area contributed by atoms with Crippen LogP contribution < -0.4 is 5.30 Å². The van der Waals surface area contributed by atoms with E-state index >= 15 is 0 Å². The summed E-state index contributed by atoms with van der Waals surface area (Å²) >= 11 is 12.3. The fourth-order valence-corrected chi connectivity index (χ4v) is 5.37. The van der Waals surface area contributed by atoms with Gasteiger partial charge >= 0.3 is 5.97 Å². The number of hydrogen-bond donors (Lipinski definition) is 2. The highest BCUT2D eigenvalue weighted by atomic mass is 35.5. The average Bonchev–Trinajstić information content (AvgIpc) is 3.50. The first-order valence-corrected chi connectivity index (χ1v) is 12.3. The Labute approximate surface area is 206 Å². The van der Waals surface area contributed by atoms with Gasteiger partial charge in [0.2, 0.25) is 0 Å². The van der Waals surface area contributed by atoms with Crippen molar-refractivity contribution in [3.05, 3.63) is 94.7 Å². The molecule has 0 saturated heterocycles. The van der Waals surface area contributed by atoms with E-state index in [-0.39, 0.29) is 0 Å². The summed E-state index contributed by atoms with van der Waals surface area (Å²) in [5.74, 6) is -0.477. The summed E-state index contributed by atoms with van der Waals surface area (Å²) in [7, 11) is -0.290. The third kappa shape index (κ3) is 3.99. The van der Waals surface area contributed by atoms with Gasteiger partial charge in [-0.3, -0.25) is 4.34 Å². The first-order valence-electron chi connectivity index (χ1n) is 10.3. The van der Waals surface area contributed by atoms with Gasteiger partial charge in [-0.1, -0.05) is 59.6 Å². The summed E-state index contributed by atoms with van der Waals surface area (Å²) in [5.41, 5.74) is 3.81. The van der Waals surface area contributed by atoms with E-state index in [9.17, 15) is 9.69 Å². The van der Waals surface area contributed by atoms with Crippen molar-refractivity contribution in [3.63, 3.8) is 0 Å². The molecule has 0 aliphatic carbocycles. The molecule has 1 unspecified atom stereocenters. The number of methoxy groups -OCH3 is 1. The number of nitrogens with one attached hydrogen (secondary N) is 1. The van der Waals surface area contributed by atoms with Gasteiger partial charge in [-0.15, -0.1) is 0 Å². The lowest BCUT2D eigenvalue weighted by Gasteiger charge is -2.13. The summed E-state index contributed by atoms with van der Waals surface area (Å²) in [6.45, 7) is 0. The summed E-state index contributed by atoms with van der Waals surface area (Å²) in [4.78, 5) is 31.4. The van der Waals surface area contributed by atoms with Crippen LogP contribution in [0.25, 0.3) is 33.5 Å². The van der Waals surface area contributed by atoms with E-state index < -0.39 is 14.3 Å². The molecule has 5 rings (SSSR count). The predicted octanol–water partition coefficient (Wildman–Crippen LogP) is 6.27. The highest BCUT2D eigenvalue weighted by Crippen LogP contribution is 2.39. The number of aromatic nitrogens is 3. The van der Waals surface area contributed by atoms with Gasteiger partial charge in [0.05, 0.1) is 28.4 Å². The summed E-state index contributed by atoms with van der Waals surface area (Å²) < 4.78 is 6.78. The van der Waals surface area contributed by atoms with Crippen LogP contribution in [0.2, 0.25) is 10.0 Å². The van der Waals surface area contributed by atoms with Gasteiger partial charge in [0, 0.05) is 39.9 Å². The number of nitrogens with zero attached hydrogens (tertiary/aromatic N) is 2. The maximum Gasteiger partial charge on any atom is 0.340 e. The van der Waals surface area contributed by atoms with Crippen LogP contribution in [0, 0.1) is 0 Å². The number of halogens is 2. The van der Waals surface area contributed by atoms with Crippen LogP contribution >= 0.6 is 31.5 Å². The maximum atomic E-state index is 12.6. The van der Waals surface area contributed by atoms with Crippen LogP contribution in [-0.2, 0) is 4.74 Å². The number of carbonyl (C=O) groups is 1. The van der Waals surface area contributed by atoms with Crippen molar-refractivity contribution in [2.45, 2.75) is 0 Å². The van der Waals surface area contributed by atoms with Crippen molar-refractivity contribution in [3.8, 4) is 22.5 Å². The van der Waals surface area contributed by atoms with Crippen molar-refractivity contribution < 1.29 is 14.4 Å².